The van der Waals surface area contributed by atoms with Crippen molar-refractivity contribution in [3.63, 3.8) is 0 Å². The second-order valence-electron chi connectivity index (χ2n) is 5.87. The molecule has 0 saturated carbocycles. The normalized spacial score (nSPS) is 10.9. The maximum absolute atomic E-state index is 5.22. The first-order valence-corrected chi connectivity index (χ1v) is 8.12. The minimum absolute atomic E-state index is 0.506. The summed E-state index contributed by atoms with van der Waals surface area (Å²) < 4.78 is 6.95. The Hall–Kier alpha value is -3.55. The topological polar surface area (TPSA) is 94.6 Å². The Morgan fingerprint density at radius 3 is 2.46 bits per heavy atom. The highest BCUT2D eigenvalue weighted by Crippen LogP contribution is 2.26. The van der Waals surface area contributed by atoms with E-state index in [1.807, 2.05) is 51.1 Å². The molecular weight excluding hydrogens is 330 g/mol. The lowest BCUT2D eigenvalue weighted by Gasteiger charge is -2.07. The summed E-state index contributed by atoms with van der Waals surface area (Å²) in [6.45, 7) is 5.62. The van der Waals surface area contributed by atoms with E-state index in [0.717, 1.165) is 39.9 Å². The molecule has 0 bridgehead atoms. The van der Waals surface area contributed by atoms with E-state index in [0.29, 0.717) is 5.95 Å². The summed E-state index contributed by atoms with van der Waals surface area (Å²) in [5, 5.41) is 11.5. The number of rotatable bonds is 4. The summed E-state index contributed by atoms with van der Waals surface area (Å²) in [5.74, 6) is 1.98. The van der Waals surface area contributed by atoms with Crippen LogP contribution in [0.15, 0.2) is 47.4 Å². The van der Waals surface area contributed by atoms with Crippen LogP contribution in [0.2, 0.25) is 0 Å². The summed E-state index contributed by atoms with van der Waals surface area (Å²) in [4.78, 5) is 13.0. The molecule has 1 aromatic carbocycles. The minimum atomic E-state index is 0.506. The van der Waals surface area contributed by atoms with E-state index < -0.39 is 0 Å². The van der Waals surface area contributed by atoms with E-state index in [1.165, 1.54) is 0 Å². The molecule has 1 N–H and O–H groups in total. The Kier molecular flexibility index (Phi) is 3.92. The van der Waals surface area contributed by atoms with Crippen LogP contribution in [-0.4, -0.2) is 29.9 Å². The van der Waals surface area contributed by atoms with Crippen molar-refractivity contribution < 1.29 is 4.52 Å². The number of nitrogens with one attached hydrogen (secondary N) is 1. The van der Waals surface area contributed by atoms with Crippen LogP contribution in [0.25, 0.3) is 16.9 Å². The lowest BCUT2D eigenvalue weighted by molar-refractivity contribution is 0.393. The van der Waals surface area contributed by atoms with E-state index in [2.05, 4.69) is 30.5 Å². The quantitative estimate of drug-likeness (QED) is 0.604. The molecule has 0 fully saturated rings. The molecule has 0 radical (unpaired) electrons. The maximum atomic E-state index is 5.22. The van der Waals surface area contributed by atoms with Gasteiger partial charge in [-0.05, 0) is 51.1 Å². The highest BCUT2D eigenvalue weighted by atomic mass is 16.5. The predicted octanol–water partition coefficient (Wildman–Crippen LogP) is 3.38. The van der Waals surface area contributed by atoms with Crippen LogP contribution in [0.5, 0.6) is 0 Å². The summed E-state index contributed by atoms with van der Waals surface area (Å²) in [6.07, 6.45) is 3.40. The summed E-state index contributed by atoms with van der Waals surface area (Å²) >= 11 is 0. The lowest BCUT2D eigenvalue weighted by Crippen LogP contribution is -1.99. The molecule has 0 unspecified atom stereocenters. The molecule has 0 amide bonds. The molecule has 8 nitrogen and oxygen atoms in total. The van der Waals surface area contributed by atoms with Gasteiger partial charge in [0.05, 0.1) is 22.6 Å². The number of benzene rings is 1. The molecule has 130 valence electrons. The van der Waals surface area contributed by atoms with Crippen molar-refractivity contribution in [2.24, 2.45) is 0 Å². The zero-order valence-corrected chi connectivity index (χ0v) is 14.6. The summed E-state index contributed by atoms with van der Waals surface area (Å²) in [5.41, 5.74) is 4.28. The van der Waals surface area contributed by atoms with E-state index in [9.17, 15) is 0 Å². The van der Waals surface area contributed by atoms with Gasteiger partial charge >= 0.3 is 0 Å². The molecule has 0 atom stereocenters. The number of hydrogen-bond acceptors (Lipinski definition) is 7. The smallest absolute Gasteiger partial charge is 0.227 e. The number of anilines is 2. The monoisotopic (exact) mass is 347 g/mol. The van der Waals surface area contributed by atoms with Gasteiger partial charge < -0.3 is 9.84 Å². The fourth-order valence-electron chi connectivity index (χ4n) is 2.70. The van der Waals surface area contributed by atoms with Crippen molar-refractivity contribution in [3.8, 4) is 16.9 Å². The Balaban J connectivity index is 1.57. The van der Waals surface area contributed by atoms with Gasteiger partial charge in [-0.1, -0.05) is 5.16 Å². The van der Waals surface area contributed by atoms with Gasteiger partial charge in [-0.2, -0.15) is 5.10 Å². The molecule has 4 aromatic rings. The van der Waals surface area contributed by atoms with Crippen LogP contribution in [0.3, 0.4) is 0 Å². The second kappa shape index (κ2) is 6.40. The standard InChI is InChI=1S/C18H17N7O/c1-11-17(12(2)26-24-11)16-8-9-19-18(22-16)21-14-4-6-15(7-5-14)25-10-20-13(3)23-25/h4-10H,1-3H3,(H,19,21,22). The van der Waals surface area contributed by atoms with Crippen LogP contribution in [0.4, 0.5) is 11.6 Å². The van der Waals surface area contributed by atoms with Crippen LogP contribution in [-0.2, 0) is 0 Å². The molecular formula is C18H17N7O. The Morgan fingerprint density at radius 2 is 1.81 bits per heavy atom. The van der Waals surface area contributed by atoms with Gasteiger partial charge in [0.25, 0.3) is 0 Å². The SMILES string of the molecule is Cc1ncn(-c2ccc(Nc3nccc(-c4c(C)noc4C)n3)cc2)n1. The summed E-state index contributed by atoms with van der Waals surface area (Å²) in [7, 11) is 0. The molecule has 3 heterocycles. The first kappa shape index (κ1) is 15.9. The van der Waals surface area contributed by atoms with Crippen LogP contribution in [0.1, 0.15) is 17.3 Å². The highest BCUT2D eigenvalue weighted by molar-refractivity contribution is 5.65. The van der Waals surface area contributed by atoms with Crippen molar-refractivity contribution in [1.29, 1.82) is 0 Å². The molecule has 8 heteroatoms. The second-order valence-corrected chi connectivity index (χ2v) is 5.87. The number of hydrogen-bond donors (Lipinski definition) is 1. The van der Waals surface area contributed by atoms with Gasteiger partial charge in [-0.15, -0.1) is 0 Å². The third kappa shape index (κ3) is 3.04. The fourth-order valence-corrected chi connectivity index (χ4v) is 2.70. The number of aromatic nitrogens is 6. The van der Waals surface area contributed by atoms with Crippen LogP contribution < -0.4 is 5.32 Å². The fraction of sp³-hybridized carbons (Fsp3) is 0.167. The Morgan fingerprint density at radius 1 is 1.00 bits per heavy atom. The zero-order valence-electron chi connectivity index (χ0n) is 14.6. The zero-order chi connectivity index (χ0) is 18.1. The van der Waals surface area contributed by atoms with Crippen molar-refractivity contribution in [2.75, 3.05) is 5.32 Å². The molecule has 0 aliphatic heterocycles. The average molecular weight is 347 g/mol. The van der Waals surface area contributed by atoms with Gasteiger partial charge in [0.15, 0.2) is 0 Å². The predicted molar refractivity (Wildman–Crippen MR) is 96.4 cm³/mol. The number of aryl methyl sites for hydroxylation is 3. The Bertz CT molecular complexity index is 1030. The largest absolute Gasteiger partial charge is 0.361 e. The van der Waals surface area contributed by atoms with E-state index >= 15 is 0 Å². The molecule has 0 aliphatic carbocycles. The van der Waals surface area contributed by atoms with E-state index in [-0.39, 0.29) is 0 Å². The van der Waals surface area contributed by atoms with Crippen molar-refractivity contribution in [3.05, 3.63) is 60.1 Å². The van der Waals surface area contributed by atoms with Crippen LogP contribution in [0, 0.1) is 20.8 Å². The number of nitrogens with zero attached hydrogens (tertiary/aromatic N) is 6. The van der Waals surface area contributed by atoms with Crippen molar-refractivity contribution >= 4 is 11.6 Å². The molecule has 0 saturated heterocycles. The van der Waals surface area contributed by atoms with Gasteiger partial charge in [0, 0.05) is 11.9 Å². The maximum Gasteiger partial charge on any atom is 0.227 e. The molecule has 0 aliphatic rings. The van der Waals surface area contributed by atoms with Crippen LogP contribution >= 0.6 is 0 Å². The first-order chi connectivity index (χ1) is 12.6. The third-order valence-electron chi connectivity index (χ3n) is 3.94. The molecule has 26 heavy (non-hydrogen) atoms. The molecule has 3 aromatic heterocycles. The molecule has 0 spiro atoms. The summed E-state index contributed by atoms with van der Waals surface area (Å²) in [6, 6.07) is 9.63. The van der Waals surface area contributed by atoms with Crippen molar-refractivity contribution in [1.82, 2.24) is 29.9 Å². The van der Waals surface area contributed by atoms with Gasteiger partial charge in [0.1, 0.15) is 17.9 Å². The third-order valence-corrected chi connectivity index (χ3v) is 3.94. The Labute approximate surface area is 149 Å². The molecule has 4 rings (SSSR count). The van der Waals surface area contributed by atoms with E-state index in [1.54, 1.807) is 17.2 Å². The van der Waals surface area contributed by atoms with Gasteiger partial charge in [0.2, 0.25) is 5.95 Å². The highest BCUT2D eigenvalue weighted by Gasteiger charge is 2.13. The van der Waals surface area contributed by atoms with Gasteiger partial charge in [-0.25, -0.2) is 19.6 Å². The first-order valence-electron chi connectivity index (χ1n) is 8.12. The van der Waals surface area contributed by atoms with Crippen molar-refractivity contribution in [2.45, 2.75) is 20.8 Å². The van der Waals surface area contributed by atoms with Gasteiger partial charge in [-0.3, -0.25) is 0 Å². The minimum Gasteiger partial charge on any atom is -0.361 e. The van der Waals surface area contributed by atoms with E-state index in [4.69, 9.17) is 4.52 Å². The lowest BCUT2D eigenvalue weighted by atomic mass is 10.1. The average Bonchev–Trinajstić information content (AvgIpc) is 3.21.